The number of rotatable bonds is 1. The molecule has 1 rings (SSSR count). The summed E-state index contributed by atoms with van der Waals surface area (Å²) in [5.74, 6) is 0. The molecular formula is C11H24NPt+. The van der Waals surface area contributed by atoms with Gasteiger partial charge in [0.2, 0.25) is 0 Å². The molecule has 1 aliphatic rings. The van der Waals surface area contributed by atoms with E-state index in [9.17, 15) is 0 Å². The Balaban J connectivity index is -0.000000101. The number of hydrogen-bond acceptors (Lipinski definition) is 1. The van der Waals surface area contributed by atoms with Crippen molar-refractivity contribution in [1.29, 1.82) is 0 Å². The maximum Gasteiger partial charge on any atom is 4.00 e. The third-order valence-electron chi connectivity index (χ3n) is 2.36. The predicted octanol–water partition coefficient (Wildman–Crippen LogP) is 3.01. The van der Waals surface area contributed by atoms with Gasteiger partial charge in [-0.05, 0) is 33.9 Å². The minimum atomic E-state index is 0. The van der Waals surface area contributed by atoms with E-state index in [1.165, 1.54) is 12.8 Å². The first-order chi connectivity index (χ1) is 4.15. The molecule has 0 aromatic rings. The van der Waals surface area contributed by atoms with Crippen LogP contribution in [0.2, 0.25) is 0 Å². The van der Waals surface area contributed by atoms with Gasteiger partial charge in [-0.15, -0.1) is 0 Å². The van der Waals surface area contributed by atoms with Gasteiger partial charge in [0.25, 0.3) is 0 Å². The van der Waals surface area contributed by atoms with Gasteiger partial charge in [-0.25, -0.2) is 0 Å². The van der Waals surface area contributed by atoms with E-state index in [1.54, 1.807) is 0 Å². The Kier molecular flexibility index (Phi) is 16.1. The van der Waals surface area contributed by atoms with Crippen LogP contribution in [0.5, 0.6) is 0 Å². The standard InChI is InChI=1S/C8H15N.3CH3.Pt/c1-8(9(2)3)6-4-5-7-8;;;;/h4-5H,6-7H2,1-3H3;3*1H3;/q;3*-1;+4. The zero-order valence-electron chi connectivity index (χ0n) is 9.83. The van der Waals surface area contributed by atoms with Gasteiger partial charge in [0.15, 0.2) is 0 Å². The summed E-state index contributed by atoms with van der Waals surface area (Å²) in [7, 11) is 4.29. The molecule has 0 aromatic heterocycles. The zero-order valence-corrected chi connectivity index (χ0v) is 12.1. The normalized spacial score (nSPS) is 16.3. The van der Waals surface area contributed by atoms with E-state index in [4.69, 9.17) is 0 Å². The molecule has 0 N–H and O–H groups in total. The summed E-state index contributed by atoms with van der Waals surface area (Å²) < 4.78 is 0. The Morgan fingerprint density at radius 1 is 1.00 bits per heavy atom. The molecule has 0 unspecified atom stereocenters. The van der Waals surface area contributed by atoms with Crippen molar-refractivity contribution in [3.63, 3.8) is 0 Å². The first-order valence-corrected chi connectivity index (χ1v) is 3.47. The van der Waals surface area contributed by atoms with Gasteiger partial charge in [0.1, 0.15) is 0 Å². The SMILES string of the molecule is CN(C)C1(C)CC=CC1.[CH3-].[CH3-].[CH3-].[Pt+4]. The van der Waals surface area contributed by atoms with Crippen molar-refractivity contribution in [2.45, 2.75) is 25.3 Å². The second kappa shape index (κ2) is 8.96. The summed E-state index contributed by atoms with van der Waals surface area (Å²) in [5, 5.41) is 0. The molecule has 82 valence electrons. The molecule has 0 aliphatic heterocycles. The molecule has 0 atom stereocenters. The summed E-state index contributed by atoms with van der Waals surface area (Å²) in [6.07, 6.45) is 6.94. The second-order valence-electron chi connectivity index (χ2n) is 3.27. The average molecular weight is 365 g/mol. The summed E-state index contributed by atoms with van der Waals surface area (Å²) in [6, 6.07) is 0. The third kappa shape index (κ3) is 5.65. The van der Waals surface area contributed by atoms with Crippen LogP contribution in [0.1, 0.15) is 19.8 Å². The van der Waals surface area contributed by atoms with Gasteiger partial charge >= 0.3 is 21.1 Å². The predicted molar refractivity (Wildman–Crippen MR) is 59.7 cm³/mol. The molecule has 1 nitrogen and oxygen atoms in total. The molecule has 13 heavy (non-hydrogen) atoms. The molecule has 0 bridgehead atoms. The fraction of sp³-hybridized carbons (Fsp3) is 0.545. The summed E-state index contributed by atoms with van der Waals surface area (Å²) in [5.41, 5.74) is 0.417. The first-order valence-electron chi connectivity index (χ1n) is 3.47. The fourth-order valence-electron chi connectivity index (χ4n) is 1.12. The van der Waals surface area contributed by atoms with Crippen LogP contribution in [0.15, 0.2) is 12.2 Å². The van der Waals surface area contributed by atoms with Crippen molar-refractivity contribution in [3.8, 4) is 0 Å². The first kappa shape index (κ1) is 23.3. The summed E-state index contributed by atoms with van der Waals surface area (Å²) in [4.78, 5) is 2.30. The van der Waals surface area contributed by atoms with Crippen LogP contribution in [0.4, 0.5) is 0 Å². The Labute approximate surface area is 99.9 Å². The summed E-state index contributed by atoms with van der Waals surface area (Å²) >= 11 is 0. The largest absolute Gasteiger partial charge is 4.00 e. The van der Waals surface area contributed by atoms with Crippen LogP contribution in [0.3, 0.4) is 0 Å². The molecule has 0 saturated carbocycles. The quantitative estimate of drug-likeness (QED) is 0.510. The van der Waals surface area contributed by atoms with Crippen molar-refractivity contribution in [2.75, 3.05) is 14.1 Å². The van der Waals surface area contributed by atoms with E-state index in [0.717, 1.165) is 0 Å². The van der Waals surface area contributed by atoms with Crippen molar-refractivity contribution < 1.29 is 21.1 Å². The maximum absolute atomic E-state index is 2.30. The Morgan fingerprint density at radius 3 is 1.46 bits per heavy atom. The van der Waals surface area contributed by atoms with Crippen molar-refractivity contribution in [2.24, 2.45) is 0 Å². The van der Waals surface area contributed by atoms with E-state index >= 15 is 0 Å². The van der Waals surface area contributed by atoms with Gasteiger partial charge < -0.3 is 27.2 Å². The third-order valence-corrected chi connectivity index (χ3v) is 2.36. The minimum absolute atomic E-state index is 0. The molecule has 0 aromatic carbocycles. The van der Waals surface area contributed by atoms with E-state index < -0.39 is 0 Å². The van der Waals surface area contributed by atoms with Crippen LogP contribution in [0, 0.1) is 22.3 Å². The van der Waals surface area contributed by atoms with E-state index in [0.29, 0.717) is 5.54 Å². The van der Waals surface area contributed by atoms with Gasteiger partial charge in [0, 0.05) is 5.54 Å². The van der Waals surface area contributed by atoms with Crippen molar-refractivity contribution in [3.05, 3.63) is 34.4 Å². The van der Waals surface area contributed by atoms with Gasteiger partial charge in [0.05, 0.1) is 0 Å². The van der Waals surface area contributed by atoms with Crippen molar-refractivity contribution in [1.82, 2.24) is 4.90 Å². The Morgan fingerprint density at radius 2 is 1.31 bits per heavy atom. The van der Waals surface area contributed by atoms with Crippen LogP contribution in [0.25, 0.3) is 0 Å². The van der Waals surface area contributed by atoms with Crippen LogP contribution in [-0.2, 0) is 21.1 Å². The molecule has 0 saturated heterocycles. The monoisotopic (exact) mass is 365 g/mol. The summed E-state index contributed by atoms with van der Waals surface area (Å²) in [6.45, 7) is 2.30. The van der Waals surface area contributed by atoms with Crippen LogP contribution < -0.4 is 0 Å². The molecule has 0 heterocycles. The fourth-order valence-corrected chi connectivity index (χ4v) is 1.12. The van der Waals surface area contributed by atoms with E-state index in [-0.39, 0.29) is 43.3 Å². The Hall–Kier alpha value is 0.388. The number of hydrogen-bond donors (Lipinski definition) is 0. The van der Waals surface area contributed by atoms with E-state index in [1.807, 2.05) is 0 Å². The van der Waals surface area contributed by atoms with E-state index in [2.05, 4.69) is 38.1 Å². The molecule has 0 amide bonds. The smallest absolute Gasteiger partial charge is 0.358 e. The maximum atomic E-state index is 2.30. The molecule has 1 aliphatic carbocycles. The van der Waals surface area contributed by atoms with Gasteiger partial charge in [-0.1, -0.05) is 12.2 Å². The topological polar surface area (TPSA) is 3.24 Å². The molecule has 2 heteroatoms. The molecular weight excluding hydrogens is 341 g/mol. The molecule has 0 fully saturated rings. The Bertz CT molecular complexity index is 122. The van der Waals surface area contributed by atoms with Gasteiger partial charge in [-0.3, -0.25) is 0 Å². The van der Waals surface area contributed by atoms with Crippen LogP contribution in [-0.4, -0.2) is 24.5 Å². The van der Waals surface area contributed by atoms with Gasteiger partial charge in [-0.2, -0.15) is 0 Å². The van der Waals surface area contributed by atoms with Crippen molar-refractivity contribution >= 4 is 0 Å². The minimum Gasteiger partial charge on any atom is -0.358 e. The second-order valence-corrected chi connectivity index (χ2v) is 3.27. The van der Waals surface area contributed by atoms with Crippen LogP contribution >= 0.6 is 0 Å². The zero-order chi connectivity index (χ0) is 6.91. The average Bonchev–Trinajstić information content (AvgIpc) is 2.16. The molecule has 0 spiro atoms. The molecule has 0 radical (unpaired) electrons. The number of nitrogens with zero attached hydrogens (tertiary/aromatic N) is 1.